The fraction of sp³-hybridized carbons (Fsp3) is 0.632. The third-order valence-corrected chi connectivity index (χ3v) is 5.77. The summed E-state index contributed by atoms with van der Waals surface area (Å²) in [6.07, 6.45) is 8.11. The minimum atomic E-state index is 0.152. The van der Waals surface area contributed by atoms with Crippen LogP contribution in [0, 0.1) is 17.3 Å². The normalized spacial score (nSPS) is 26.4. The van der Waals surface area contributed by atoms with Gasteiger partial charge in [0.2, 0.25) is 5.91 Å². The lowest BCUT2D eigenvalue weighted by Crippen LogP contribution is -2.46. The lowest BCUT2D eigenvalue weighted by atomic mass is 9.65. The first-order chi connectivity index (χ1) is 10.7. The molecule has 0 radical (unpaired) electrons. The van der Waals surface area contributed by atoms with E-state index in [-0.39, 0.29) is 17.2 Å². The second-order valence-corrected chi connectivity index (χ2v) is 7.27. The number of rotatable bonds is 6. The molecule has 0 aliphatic heterocycles. The van der Waals surface area contributed by atoms with Crippen LogP contribution in [0.5, 0.6) is 0 Å². The fourth-order valence-electron chi connectivity index (χ4n) is 4.19. The number of nitrogens with one attached hydrogen (secondary N) is 1. The molecule has 0 spiro atoms. The predicted molar refractivity (Wildman–Crippen MR) is 89.3 cm³/mol. The molecule has 3 nitrogen and oxygen atoms in total. The molecule has 0 unspecified atom stereocenters. The van der Waals surface area contributed by atoms with E-state index in [0.717, 1.165) is 32.2 Å². The number of nitrogens with two attached hydrogens (primary N) is 1. The van der Waals surface area contributed by atoms with Crippen LogP contribution in [0.1, 0.15) is 44.1 Å². The van der Waals surface area contributed by atoms with E-state index in [0.29, 0.717) is 12.5 Å². The average Bonchev–Trinajstić information content (AvgIpc) is 2.99. The molecule has 1 amide bonds. The standard InChI is InChI=1S/C19H28N2O/c20-13-16-8-4-9-17(16)18(22)21-14-19(10-5-11-19)12-15-6-2-1-3-7-15/h1-3,6-7,16-17H,4-5,8-14,20H2,(H,21,22)/t16-,17-/m1/s1. The molecule has 22 heavy (non-hydrogen) atoms. The first kappa shape index (κ1) is 15.5. The van der Waals surface area contributed by atoms with Crippen molar-refractivity contribution in [2.24, 2.45) is 23.0 Å². The van der Waals surface area contributed by atoms with Crippen LogP contribution in [0.2, 0.25) is 0 Å². The Balaban J connectivity index is 1.56. The summed E-state index contributed by atoms with van der Waals surface area (Å²) in [5, 5.41) is 3.26. The summed E-state index contributed by atoms with van der Waals surface area (Å²) in [7, 11) is 0. The van der Waals surface area contributed by atoms with Crippen molar-refractivity contribution in [2.75, 3.05) is 13.1 Å². The van der Waals surface area contributed by atoms with E-state index in [9.17, 15) is 4.79 Å². The average molecular weight is 300 g/mol. The molecule has 2 atom stereocenters. The summed E-state index contributed by atoms with van der Waals surface area (Å²) in [5.41, 5.74) is 7.48. The van der Waals surface area contributed by atoms with Gasteiger partial charge in [0.1, 0.15) is 0 Å². The zero-order valence-corrected chi connectivity index (χ0v) is 13.4. The summed E-state index contributed by atoms with van der Waals surface area (Å²) in [6, 6.07) is 10.7. The van der Waals surface area contributed by atoms with Gasteiger partial charge >= 0.3 is 0 Å². The lowest BCUT2D eigenvalue weighted by molar-refractivity contribution is -0.126. The maximum atomic E-state index is 12.5. The van der Waals surface area contributed by atoms with Crippen LogP contribution in [-0.2, 0) is 11.2 Å². The van der Waals surface area contributed by atoms with Gasteiger partial charge in [-0.25, -0.2) is 0 Å². The molecule has 0 saturated heterocycles. The highest BCUT2D eigenvalue weighted by Gasteiger charge is 2.38. The van der Waals surface area contributed by atoms with Crippen LogP contribution >= 0.6 is 0 Å². The van der Waals surface area contributed by atoms with Crippen molar-refractivity contribution in [3.63, 3.8) is 0 Å². The minimum absolute atomic E-state index is 0.152. The van der Waals surface area contributed by atoms with Gasteiger partial charge < -0.3 is 11.1 Å². The Morgan fingerprint density at radius 1 is 1.18 bits per heavy atom. The Kier molecular flexibility index (Phi) is 4.82. The van der Waals surface area contributed by atoms with Crippen molar-refractivity contribution in [2.45, 2.75) is 44.9 Å². The molecule has 0 heterocycles. The van der Waals surface area contributed by atoms with Gasteiger partial charge in [0, 0.05) is 12.5 Å². The maximum absolute atomic E-state index is 12.5. The van der Waals surface area contributed by atoms with Gasteiger partial charge in [-0.15, -0.1) is 0 Å². The van der Waals surface area contributed by atoms with Gasteiger partial charge in [-0.1, -0.05) is 43.2 Å². The van der Waals surface area contributed by atoms with Crippen molar-refractivity contribution in [3.05, 3.63) is 35.9 Å². The van der Waals surface area contributed by atoms with Crippen molar-refractivity contribution in [1.82, 2.24) is 5.32 Å². The molecular formula is C19H28N2O. The molecular weight excluding hydrogens is 272 g/mol. The lowest BCUT2D eigenvalue weighted by Gasteiger charge is -2.42. The Morgan fingerprint density at radius 3 is 2.59 bits per heavy atom. The van der Waals surface area contributed by atoms with Gasteiger partial charge in [-0.05, 0) is 55.5 Å². The van der Waals surface area contributed by atoms with Crippen molar-refractivity contribution in [3.8, 4) is 0 Å². The summed E-state index contributed by atoms with van der Waals surface area (Å²) in [6.45, 7) is 1.47. The number of amides is 1. The van der Waals surface area contributed by atoms with E-state index in [2.05, 4.69) is 35.6 Å². The highest BCUT2D eigenvalue weighted by Crippen LogP contribution is 2.43. The second kappa shape index (κ2) is 6.82. The van der Waals surface area contributed by atoms with Crippen LogP contribution in [0.4, 0.5) is 0 Å². The molecule has 3 rings (SSSR count). The van der Waals surface area contributed by atoms with Crippen molar-refractivity contribution >= 4 is 5.91 Å². The molecule has 2 fully saturated rings. The van der Waals surface area contributed by atoms with E-state index >= 15 is 0 Å². The zero-order chi connectivity index (χ0) is 15.4. The summed E-state index contributed by atoms with van der Waals surface area (Å²) in [4.78, 5) is 12.5. The molecule has 3 N–H and O–H groups in total. The van der Waals surface area contributed by atoms with Crippen molar-refractivity contribution < 1.29 is 4.79 Å². The van der Waals surface area contributed by atoms with Gasteiger partial charge in [-0.3, -0.25) is 4.79 Å². The first-order valence-electron chi connectivity index (χ1n) is 8.74. The van der Waals surface area contributed by atoms with Crippen molar-refractivity contribution in [1.29, 1.82) is 0 Å². The topological polar surface area (TPSA) is 55.1 Å². The Morgan fingerprint density at radius 2 is 1.95 bits per heavy atom. The van der Waals surface area contributed by atoms with Crippen LogP contribution in [0.25, 0.3) is 0 Å². The fourth-order valence-corrected chi connectivity index (χ4v) is 4.19. The quantitative estimate of drug-likeness (QED) is 0.849. The first-order valence-corrected chi connectivity index (χ1v) is 8.74. The Labute approximate surface area is 133 Å². The molecule has 120 valence electrons. The number of hydrogen-bond donors (Lipinski definition) is 2. The molecule has 2 aliphatic rings. The van der Waals surface area contributed by atoms with Gasteiger partial charge in [-0.2, -0.15) is 0 Å². The Hall–Kier alpha value is -1.35. The molecule has 0 bridgehead atoms. The third-order valence-electron chi connectivity index (χ3n) is 5.77. The monoisotopic (exact) mass is 300 g/mol. The molecule has 1 aromatic carbocycles. The van der Waals surface area contributed by atoms with Crippen LogP contribution in [0.3, 0.4) is 0 Å². The zero-order valence-electron chi connectivity index (χ0n) is 13.4. The summed E-state index contributed by atoms with van der Waals surface area (Å²) in [5.74, 6) is 0.789. The number of carbonyl (C=O) groups excluding carboxylic acids is 1. The minimum Gasteiger partial charge on any atom is -0.355 e. The number of benzene rings is 1. The SMILES string of the molecule is NC[C@H]1CCC[C@H]1C(=O)NCC1(Cc2ccccc2)CCC1. The number of carbonyl (C=O) groups is 1. The van der Waals surface area contributed by atoms with Gasteiger partial charge in [0.25, 0.3) is 0 Å². The van der Waals surface area contributed by atoms with E-state index in [1.54, 1.807) is 0 Å². The second-order valence-electron chi connectivity index (χ2n) is 7.27. The smallest absolute Gasteiger partial charge is 0.223 e. The van der Waals surface area contributed by atoms with Crippen LogP contribution in [0.15, 0.2) is 30.3 Å². The summed E-state index contributed by atoms with van der Waals surface area (Å²) < 4.78 is 0. The maximum Gasteiger partial charge on any atom is 0.223 e. The van der Waals surface area contributed by atoms with E-state index in [1.165, 1.54) is 24.8 Å². The number of hydrogen-bond acceptors (Lipinski definition) is 2. The molecule has 0 aromatic heterocycles. The molecule has 2 saturated carbocycles. The third kappa shape index (κ3) is 3.35. The van der Waals surface area contributed by atoms with Crippen LogP contribution in [-0.4, -0.2) is 19.0 Å². The summed E-state index contributed by atoms with van der Waals surface area (Å²) >= 11 is 0. The highest BCUT2D eigenvalue weighted by molar-refractivity contribution is 5.79. The van der Waals surface area contributed by atoms with Gasteiger partial charge in [0.15, 0.2) is 0 Å². The van der Waals surface area contributed by atoms with E-state index in [1.807, 2.05) is 0 Å². The van der Waals surface area contributed by atoms with E-state index < -0.39 is 0 Å². The molecule has 3 heteroatoms. The highest BCUT2D eigenvalue weighted by atomic mass is 16.1. The predicted octanol–water partition coefficient (Wildman–Crippen LogP) is 2.89. The van der Waals surface area contributed by atoms with Gasteiger partial charge in [0.05, 0.1) is 0 Å². The molecule has 2 aliphatic carbocycles. The van der Waals surface area contributed by atoms with Crippen LogP contribution < -0.4 is 11.1 Å². The largest absolute Gasteiger partial charge is 0.355 e. The Bertz CT molecular complexity index is 495. The molecule has 1 aromatic rings. The van der Waals surface area contributed by atoms with E-state index in [4.69, 9.17) is 5.73 Å².